The van der Waals surface area contributed by atoms with Gasteiger partial charge < -0.3 is 0 Å². The van der Waals surface area contributed by atoms with Crippen LogP contribution in [0.4, 0.5) is 0 Å². The second-order valence-electron chi connectivity index (χ2n) is 7.24. The van der Waals surface area contributed by atoms with E-state index in [-0.39, 0.29) is 4.90 Å². The number of hydrogen-bond acceptors (Lipinski definition) is 3. The van der Waals surface area contributed by atoms with Gasteiger partial charge in [-0.25, -0.2) is 0 Å². The summed E-state index contributed by atoms with van der Waals surface area (Å²) in [5.74, 6) is 0. The summed E-state index contributed by atoms with van der Waals surface area (Å²) in [6.45, 7) is 3.94. The summed E-state index contributed by atoms with van der Waals surface area (Å²) in [6.07, 6.45) is 0.456. The van der Waals surface area contributed by atoms with E-state index in [2.05, 4.69) is 5.10 Å². The van der Waals surface area contributed by atoms with Gasteiger partial charge in [0.25, 0.3) is 10.0 Å². The maximum Gasteiger partial charge on any atom is 0.279 e. The van der Waals surface area contributed by atoms with E-state index in [9.17, 15) is 8.42 Å². The van der Waals surface area contributed by atoms with E-state index in [0.29, 0.717) is 11.4 Å². The number of halogens is 1. The van der Waals surface area contributed by atoms with E-state index in [1.54, 1.807) is 30.3 Å². The molecule has 4 nitrogen and oxygen atoms in total. The van der Waals surface area contributed by atoms with Crippen molar-refractivity contribution in [3.63, 3.8) is 0 Å². The predicted molar refractivity (Wildman–Crippen MR) is 117 cm³/mol. The van der Waals surface area contributed by atoms with Gasteiger partial charge in [0.1, 0.15) is 0 Å². The van der Waals surface area contributed by atoms with Crippen molar-refractivity contribution in [1.29, 1.82) is 0 Å². The zero-order valence-corrected chi connectivity index (χ0v) is 17.8. The molecular formula is C23H21ClN2O2S. The molecule has 148 valence electrons. The second-order valence-corrected chi connectivity index (χ2v) is 9.45. The van der Waals surface area contributed by atoms with Crippen LogP contribution in [0.3, 0.4) is 0 Å². The van der Waals surface area contributed by atoms with Crippen molar-refractivity contribution < 1.29 is 8.42 Å². The van der Waals surface area contributed by atoms with E-state index in [1.165, 1.54) is 4.41 Å². The van der Waals surface area contributed by atoms with Gasteiger partial charge in [-0.1, -0.05) is 77.3 Å². The molecule has 0 bridgehead atoms. The Morgan fingerprint density at radius 2 is 1.48 bits per heavy atom. The number of aryl methyl sites for hydroxylation is 2. The first kappa shape index (κ1) is 19.7. The molecule has 0 amide bonds. The Morgan fingerprint density at radius 3 is 2.10 bits per heavy atom. The third kappa shape index (κ3) is 3.80. The monoisotopic (exact) mass is 424 g/mol. The summed E-state index contributed by atoms with van der Waals surface area (Å²) in [6, 6.07) is 21.6. The standard InChI is InChI=1S/C23H21ClN2O2S/c1-16-7-11-18(12-8-16)22-15-23(20-5-3-4-6-21(20)24)26(25-22)29(27,28)19-13-9-17(2)10-14-19/h3-14,23H,15H2,1-2H3/t23-/m0/s1. The van der Waals surface area contributed by atoms with Crippen LogP contribution in [0.25, 0.3) is 0 Å². The SMILES string of the molecule is Cc1ccc(C2=NN(S(=O)(=O)c3ccc(C)cc3)[C@H](c3ccccc3Cl)C2)cc1. The normalized spacial score (nSPS) is 16.7. The lowest BCUT2D eigenvalue weighted by Gasteiger charge is -2.24. The highest BCUT2D eigenvalue weighted by Crippen LogP contribution is 2.39. The fourth-order valence-electron chi connectivity index (χ4n) is 3.43. The molecule has 1 atom stereocenters. The number of hydrogen-bond donors (Lipinski definition) is 0. The van der Waals surface area contributed by atoms with Gasteiger partial charge in [-0.2, -0.15) is 17.9 Å². The molecule has 0 spiro atoms. The van der Waals surface area contributed by atoms with Crippen molar-refractivity contribution in [1.82, 2.24) is 4.41 Å². The van der Waals surface area contributed by atoms with Crippen molar-refractivity contribution in [3.05, 3.63) is 100 Å². The fraction of sp³-hybridized carbons (Fsp3) is 0.174. The van der Waals surface area contributed by atoms with Crippen LogP contribution in [0.1, 0.15) is 34.7 Å². The molecule has 0 N–H and O–H groups in total. The summed E-state index contributed by atoms with van der Waals surface area (Å²) in [5.41, 5.74) is 4.52. The van der Waals surface area contributed by atoms with Gasteiger partial charge in [0.15, 0.2) is 0 Å². The van der Waals surface area contributed by atoms with E-state index >= 15 is 0 Å². The van der Waals surface area contributed by atoms with Crippen LogP contribution >= 0.6 is 11.6 Å². The Hall–Kier alpha value is -2.63. The molecule has 1 aliphatic heterocycles. The summed E-state index contributed by atoms with van der Waals surface area (Å²) in [4.78, 5) is 0.217. The van der Waals surface area contributed by atoms with Gasteiger partial charge in [-0.3, -0.25) is 0 Å². The molecule has 0 aromatic heterocycles. The van der Waals surface area contributed by atoms with Crippen LogP contribution in [0, 0.1) is 13.8 Å². The maximum absolute atomic E-state index is 13.4. The van der Waals surface area contributed by atoms with Gasteiger partial charge in [-0.05, 0) is 43.2 Å². The Balaban J connectivity index is 1.82. The van der Waals surface area contributed by atoms with E-state index in [4.69, 9.17) is 11.6 Å². The second kappa shape index (κ2) is 7.65. The minimum absolute atomic E-state index is 0.217. The Kier molecular flexibility index (Phi) is 5.19. The third-order valence-corrected chi connectivity index (χ3v) is 7.13. The first-order valence-corrected chi connectivity index (χ1v) is 11.2. The van der Waals surface area contributed by atoms with Crippen LogP contribution in [0.5, 0.6) is 0 Å². The molecule has 0 unspecified atom stereocenters. The van der Waals surface area contributed by atoms with Gasteiger partial charge in [0.2, 0.25) is 0 Å². The molecule has 6 heteroatoms. The predicted octanol–water partition coefficient (Wildman–Crippen LogP) is 5.50. The topological polar surface area (TPSA) is 49.7 Å². The number of nitrogens with zero attached hydrogens (tertiary/aromatic N) is 2. The smallest absolute Gasteiger partial charge is 0.200 e. The molecule has 0 saturated carbocycles. The molecule has 1 aliphatic rings. The molecule has 3 aromatic carbocycles. The van der Waals surface area contributed by atoms with Crippen molar-refractivity contribution in [2.24, 2.45) is 5.10 Å². The van der Waals surface area contributed by atoms with Crippen LogP contribution in [-0.4, -0.2) is 18.5 Å². The average molecular weight is 425 g/mol. The number of benzene rings is 3. The first-order valence-electron chi connectivity index (χ1n) is 9.36. The van der Waals surface area contributed by atoms with Gasteiger partial charge in [-0.15, -0.1) is 0 Å². The molecule has 0 saturated heterocycles. The number of rotatable bonds is 4. The Morgan fingerprint density at radius 1 is 0.897 bits per heavy atom. The molecular weight excluding hydrogens is 404 g/mol. The molecule has 4 rings (SSSR count). The molecule has 3 aromatic rings. The number of sulfonamides is 1. The Labute approximate surface area is 176 Å². The molecule has 0 aliphatic carbocycles. The molecule has 0 radical (unpaired) electrons. The lowest BCUT2D eigenvalue weighted by atomic mass is 9.98. The Bertz CT molecular complexity index is 1170. The highest BCUT2D eigenvalue weighted by atomic mass is 35.5. The zero-order chi connectivity index (χ0) is 20.6. The zero-order valence-electron chi connectivity index (χ0n) is 16.2. The molecule has 0 fully saturated rings. The quantitative estimate of drug-likeness (QED) is 0.555. The van der Waals surface area contributed by atoms with E-state index in [0.717, 1.165) is 28.0 Å². The van der Waals surface area contributed by atoms with E-state index < -0.39 is 16.1 Å². The van der Waals surface area contributed by atoms with Crippen LogP contribution in [-0.2, 0) is 10.0 Å². The first-order chi connectivity index (χ1) is 13.9. The molecule has 29 heavy (non-hydrogen) atoms. The van der Waals surface area contributed by atoms with Crippen molar-refractivity contribution in [2.45, 2.75) is 31.2 Å². The van der Waals surface area contributed by atoms with Gasteiger partial charge in [0.05, 0.1) is 16.6 Å². The highest BCUT2D eigenvalue weighted by molar-refractivity contribution is 7.89. The van der Waals surface area contributed by atoms with Crippen LogP contribution in [0.15, 0.2) is 82.8 Å². The van der Waals surface area contributed by atoms with Crippen LogP contribution < -0.4 is 0 Å². The fourth-order valence-corrected chi connectivity index (χ4v) is 5.11. The lowest BCUT2D eigenvalue weighted by molar-refractivity contribution is 0.371. The summed E-state index contributed by atoms with van der Waals surface area (Å²) < 4.78 is 28.1. The summed E-state index contributed by atoms with van der Waals surface area (Å²) >= 11 is 6.43. The lowest BCUT2D eigenvalue weighted by Crippen LogP contribution is -2.27. The minimum atomic E-state index is -3.83. The highest BCUT2D eigenvalue weighted by Gasteiger charge is 2.38. The number of hydrazone groups is 1. The third-order valence-electron chi connectivity index (χ3n) is 5.09. The largest absolute Gasteiger partial charge is 0.279 e. The van der Waals surface area contributed by atoms with Crippen molar-refractivity contribution in [2.75, 3.05) is 0 Å². The van der Waals surface area contributed by atoms with E-state index in [1.807, 2.05) is 56.3 Å². The average Bonchev–Trinajstić information content (AvgIpc) is 3.15. The van der Waals surface area contributed by atoms with Gasteiger partial charge in [0, 0.05) is 11.4 Å². The van der Waals surface area contributed by atoms with Crippen molar-refractivity contribution in [3.8, 4) is 0 Å². The molecule has 1 heterocycles. The van der Waals surface area contributed by atoms with Crippen LogP contribution in [0.2, 0.25) is 5.02 Å². The summed E-state index contributed by atoms with van der Waals surface area (Å²) in [5, 5.41) is 5.09. The minimum Gasteiger partial charge on any atom is -0.200 e. The van der Waals surface area contributed by atoms with Crippen molar-refractivity contribution >= 4 is 27.3 Å². The maximum atomic E-state index is 13.4. The van der Waals surface area contributed by atoms with Gasteiger partial charge >= 0.3 is 0 Å². The summed E-state index contributed by atoms with van der Waals surface area (Å²) in [7, 11) is -3.83.